The zero-order valence-corrected chi connectivity index (χ0v) is 12.2. The fourth-order valence-corrected chi connectivity index (χ4v) is 1.32. The molecule has 0 aliphatic rings. The largest absolute Gasteiger partial charge is 0.364 e. The highest BCUT2D eigenvalue weighted by Crippen LogP contribution is 2.47. The number of hydrogen-bond acceptors (Lipinski definition) is 3. The molecule has 0 heterocycles. The lowest BCUT2D eigenvalue weighted by atomic mass is 9.91. The van der Waals surface area contributed by atoms with E-state index in [1.165, 1.54) is 0 Å². The van der Waals surface area contributed by atoms with E-state index < -0.39 is 15.4 Å². The first-order valence-corrected chi connectivity index (χ1v) is 8.54. The molecule has 0 radical (unpaired) electrons. The van der Waals surface area contributed by atoms with E-state index in [1.807, 2.05) is 20.8 Å². The van der Waals surface area contributed by atoms with Gasteiger partial charge in [0.05, 0.1) is 6.10 Å². The fourth-order valence-electron chi connectivity index (χ4n) is 0.441. The predicted molar refractivity (Wildman–Crippen MR) is 61.5 cm³/mol. The van der Waals surface area contributed by atoms with Crippen LogP contribution in [0.25, 0.3) is 0 Å². The molecule has 0 spiro atoms. The summed E-state index contributed by atoms with van der Waals surface area (Å²) >= 11 is 0. The standard InChI is InChI=1S/C7H16FO2P.CH4FO2P/c1-6(7(2,3)4)10-11(5,8)9;1-5(2,3)4/h6H,1-5H3;1H3,(H,3,4). The molecule has 0 aromatic heterocycles. The Morgan fingerprint density at radius 3 is 1.50 bits per heavy atom. The van der Waals surface area contributed by atoms with Crippen molar-refractivity contribution < 1.29 is 26.9 Å². The van der Waals surface area contributed by atoms with Crippen molar-refractivity contribution in [3.05, 3.63) is 0 Å². The van der Waals surface area contributed by atoms with Crippen LogP contribution in [-0.4, -0.2) is 24.3 Å². The van der Waals surface area contributed by atoms with Crippen LogP contribution in [0.15, 0.2) is 0 Å². The Morgan fingerprint density at radius 2 is 1.44 bits per heavy atom. The van der Waals surface area contributed by atoms with Crippen LogP contribution < -0.4 is 0 Å². The average Bonchev–Trinajstić information content (AvgIpc) is 1.75. The van der Waals surface area contributed by atoms with E-state index in [-0.39, 0.29) is 11.5 Å². The monoisotopic (exact) mass is 280 g/mol. The first-order valence-electron chi connectivity index (χ1n) is 4.58. The highest BCUT2D eigenvalue weighted by atomic mass is 31.2. The van der Waals surface area contributed by atoms with Gasteiger partial charge in [-0.1, -0.05) is 20.8 Å². The van der Waals surface area contributed by atoms with Gasteiger partial charge < -0.3 is 9.42 Å². The van der Waals surface area contributed by atoms with Gasteiger partial charge in [-0.25, -0.2) is 0 Å². The summed E-state index contributed by atoms with van der Waals surface area (Å²) in [5.74, 6) is 0. The summed E-state index contributed by atoms with van der Waals surface area (Å²) in [5, 5.41) is 0. The number of rotatable bonds is 2. The predicted octanol–water partition coefficient (Wildman–Crippen LogP) is 4.00. The molecule has 3 unspecified atom stereocenters. The van der Waals surface area contributed by atoms with E-state index in [0.29, 0.717) is 6.66 Å². The molecule has 0 amide bonds. The number of hydrogen-bond donors (Lipinski definition) is 1. The number of halogens is 2. The van der Waals surface area contributed by atoms with Crippen molar-refractivity contribution in [1.29, 1.82) is 0 Å². The van der Waals surface area contributed by atoms with Gasteiger partial charge in [-0.15, -0.1) is 0 Å². The maximum atomic E-state index is 12.5. The average molecular weight is 280 g/mol. The quantitative estimate of drug-likeness (QED) is 0.776. The van der Waals surface area contributed by atoms with Crippen LogP contribution in [0.4, 0.5) is 8.39 Å². The van der Waals surface area contributed by atoms with Crippen LogP contribution >= 0.6 is 15.4 Å². The second-order valence-corrected chi connectivity index (χ2v) is 7.90. The van der Waals surface area contributed by atoms with Crippen molar-refractivity contribution in [2.24, 2.45) is 5.41 Å². The molecule has 16 heavy (non-hydrogen) atoms. The van der Waals surface area contributed by atoms with Crippen molar-refractivity contribution in [2.45, 2.75) is 33.8 Å². The van der Waals surface area contributed by atoms with Gasteiger partial charge in [0.1, 0.15) is 0 Å². The summed E-state index contributed by atoms with van der Waals surface area (Å²) in [6, 6.07) is 0. The third-order valence-corrected chi connectivity index (χ3v) is 2.26. The molecule has 0 saturated heterocycles. The van der Waals surface area contributed by atoms with Crippen molar-refractivity contribution >= 4 is 15.4 Å². The summed E-state index contributed by atoms with van der Waals surface area (Å²) in [6.45, 7) is 9.06. The van der Waals surface area contributed by atoms with E-state index in [1.54, 1.807) is 6.92 Å². The van der Waals surface area contributed by atoms with Crippen LogP contribution in [0.3, 0.4) is 0 Å². The molecule has 8 heteroatoms. The maximum Gasteiger partial charge on any atom is 0.364 e. The Kier molecular flexibility index (Phi) is 7.26. The molecule has 0 aromatic rings. The molecule has 0 fully saturated rings. The topological polar surface area (TPSA) is 63.6 Å². The smallest absolute Gasteiger partial charge is 0.321 e. The lowest BCUT2D eigenvalue weighted by molar-refractivity contribution is 0.0989. The summed E-state index contributed by atoms with van der Waals surface area (Å²) < 4.78 is 47.7. The van der Waals surface area contributed by atoms with E-state index in [2.05, 4.69) is 0 Å². The zero-order chi connectivity index (χ0) is 13.8. The van der Waals surface area contributed by atoms with E-state index >= 15 is 0 Å². The molecular weight excluding hydrogens is 260 g/mol. The van der Waals surface area contributed by atoms with Crippen LogP contribution in [0.5, 0.6) is 0 Å². The van der Waals surface area contributed by atoms with Crippen LogP contribution in [0.1, 0.15) is 27.7 Å². The first-order chi connectivity index (χ1) is 6.63. The molecule has 0 saturated carbocycles. The summed E-state index contributed by atoms with van der Waals surface area (Å²) in [7, 11) is -7.96. The molecule has 0 aliphatic heterocycles. The molecule has 100 valence electrons. The van der Waals surface area contributed by atoms with Crippen LogP contribution in [0.2, 0.25) is 0 Å². The minimum Gasteiger partial charge on any atom is -0.321 e. The minimum absolute atomic E-state index is 0.169. The Balaban J connectivity index is 0. The van der Waals surface area contributed by atoms with Gasteiger partial charge in [0.15, 0.2) is 0 Å². The van der Waals surface area contributed by atoms with E-state index in [4.69, 9.17) is 14.0 Å². The Hall–Kier alpha value is 0.240. The van der Waals surface area contributed by atoms with Gasteiger partial charge in [0.2, 0.25) is 0 Å². The zero-order valence-electron chi connectivity index (χ0n) is 10.4. The highest BCUT2D eigenvalue weighted by Gasteiger charge is 2.27. The molecule has 0 aliphatic carbocycles. The van der Waals surface area contributed by atoms with Crippen LogP contribution in [0, 0.1) is 5.41 Å². The molecular formula is C8H20F2O4P2. The van der Waals surface area contributed by atoms with Gasteiger partial charge in [0, 0.05) is 13.3 Å². The van der Waals surface area contributed by atoms with Crippen molar-refractivity contribution in [3.8, 4) is 0 Å². The highest BCUT2D eigenvalue weighted by molar-refractivity contribution is 7.52. The minimum atomic E-state index is -4.14. The van der Waals surface area contributed by atoms with Gasteiger partial charge in [-0.3, -0.25) is 9.13 Å². The van der Waals surface area contributed by atoms with Crippen molar-refractivity contribution in [3.63, 3.8) is 0 Å². The second-order valence-electron chi connectivity index (χ2n) is 4.64. The van der Waals surface area contributed by atoms with Gasteiger partial charge in [-0.05, 0) is 12.3 Å². The SMILES string of the molecule is CC(OP(C)(=O)F)C(C)(C)C.CP(=O)(O)F. The van der Waals surface area contributed by atoms with Crippen molar-refractivity contribution in [2.75, 3.05) is 13.3 Å². The lowest BCUT2D eigenvalue weighted by Gasteiger charge is -2.27. The summed E-state index contributed by atoms with van der Waals surface area (Å²) in [4.78, 5) is 7.41. The lowest BCUT2D eigenvalue weighted by Crippen LogP contribution is -2.24. The van der Waals surface area contributed by atoms with Crippen LogP contribution in [-0.2, 0) is 13.7 Å². The Labute approximate surface area is 95.5 Å². The van der Waals surface area contributed by atoms with Gasteiger partial charge in [-0.2, -0.15) is 8.39 Å². The summed E-state index contributed by atoms with van der Waals surface area (Å²) in [6.07, 6.45) is -0.330. The maximum absolute atomic E-state index is 12.5. The molecule has 1 N–H and O–H groups in total. The summed E-state index contributed by atoms with van der Waals surface area (Å²) in [5.41, 5.74) is -0.169. The van der Waals surface area contributed by atoms with Gasteiger partial charge in [0.25, 0.3) is 0 Å². The molecule has 3 atom stereocenters. The molecule has 0 bridgehead atoms. The normalized spacial score (nSPS) is 21.1. The first kappa shape index (κ1) is 18.6. The van der Waals surface area contributed by atoms with E-state index in [0.717, 1.165) is 6.66 Å². The molecule has 0 aromatic carbocycles. The van der Waals surface area contributed by atoms with E-state index in [9.17, 15) is 13.0 Å². The third-order valence-electron chi connectivity index (χ3n) is 1.57. The molecule has 0 rings (SSSR count). The van der Waals surface area contributed by atoms with Gasteiger partial charge >= 0.3 is 15.4 Å². The Bertz CT molecular complexity index is 281. The van der Waals surface area contributed by atoms with Crippen molar-refractivity contribution in [1.82, 2.24) is 0 Å². The fraction of sp³-hybridized carbons (Fsp3) is 1.00. The Morgan fingerprint density at radius 1 is 1.19 bits per heavy atom. The second kappa shape index (κ2) is 6.25. The third kappa shape index (κ3) is 19.8. The molecule has 4 nitrogen and oxygen atoms in total.